The summed E-state index contributed by atoms with van der Waals surface area (Å²) in [5.74, 6) is -1.68. The summed E-state index contributed by atoms with van der Waals surface area (Å²) in [7, 11) is 0. The van der Waals surface area contributed by atoms with E-state index in [0.717, 1.165) is 27.6 Å². The minimum absolute atomic E-state index is 0.00687. The normalized spacial score (nSPS) is 11.8. The molecule has 0 spiro atoms. The third-order valence-corrected chi connectivity index (χ3v) is 7.54. The van der Waals surface area contributed by atoms with Gasteiger partial charge < -0.3 is 15.6 Å². The Labute approximate surface area is 256 Å². The number of para-hydroxylation sites is 1. The Morgan fingerprint density at radius 2 is 1.59 bits per heavy atom. The van der Waals surface area contributed by atoms with Crippen LogP contribution in [0.15, 0.2) is 103 Å². The molecule has 44 heavy (non-hydrogen) atoms. The second-order valence-corrected chi connectivity index (χ2v) is 11.1. The van der Waals surface area contributed by atoms with Gasteiger partial charge in [-0.15, -0.1) is 0 Å². The van der Waals surface area contributed by atoms with Gasteiger partial charge in [-0.05, 0) is 65.6 Å². The lowest BCUT2D eigenvalue weighted by molar-refractivity contribution is -0.126. The molecule has 224 valence electrons. The number of hydrogen-bond acceptors (Lipinski definition) is 3. The Balaban J connectivity index is 1.56. The molecule has 5 rings (SSSR count). The average molecular weight is 591 g/mol. The quantitative estimate of drug-likeness (QED) is 0.166. The summed E-state index contributed by atoms with van der Waals surface area (Å²) in [6.45, 7) is 5.82. The molecule has 0 fully saturated rings. The van der Waals surface area contributed by atoms with Gasteiger partial charge in [-0.2, -0.15) is 0 Å². The highest BCUT2D eigenvalue weighted by atomic mass is 19.1. The van der Waals surface area contributed by atoms with Gasteiger partial charge in [0.05, 0.1) is 6.42 Å². The van der Waals surface area contributed by atoms with Gasteiger partial charge in [-0.1, -0.05) is 74.5 Å². The van der Waals surface area contributed by atoms with Crippen LogP contribution < -0.4 is 15.5 Å². The Morgan fingerprint density at radius 1 is 0.864 bits per heavy atom. The molecule has 0 saturated carbocycles. The number of rotatable bonds is 10. The first-order chi connectivity index (χ1) is 21.2. The zero-order valence-corrected chi connectivity index (χ0v) is 24.9. The van der Waals surface area contributed by atoms with Crippen molar-refractivity contribution in [1.82, 2.24) is 10.3 Å². The van der Waals surface area contributed by atoms with Gasteiger partial charge in [0, 0.05) is 40.9 Å². The molecule has 1 heterocycles. The van der Waals surface area contributed by atoms with Crippen molar-refractivity contribution in [2.45, 2.75) is 39.8 Å². The monoisotopic (exact) mass is 590 g/mol. The van der Waals surface area contributed by atoms with Crippen molar-refractivity contribution >= 4 is 40.0 Å². The number of fused-ring (bicyclic) bond motifs is 1. The molecule has 3 N–H and O–H groups in total. The molecule has 1 atom stereocenters. The summed E-state index contributed by atoms with van der Waals surface area (Å²) in [5.41, 5.74) is 4.97. The first kappa shape index (κ1) is 30.2. The van der Waals surface area contributed by atoms with Crippen LogP contribution in [0.4, 0.5) is 15.8 Å². The lowest BCUT2D eigenvalue weighted by atomic mass is 10.0. The maximum absolute atomic E-state index is 14.6. The van der Waals surface area contributed by atoms with Crippen LogP contribution in [0.1, 0.15) is 42.1 Å². The Morgan fingerprint density at radius 3 is 2.30 bits per heavy atom. The Kier molecular flexibility index (Phi) is 9.19. The van der Waals surface area contributed by atoms with Gasteiger partial charge in [-0.3, -0.25) is 19.3 Å². The number of carbonyl (C=O) groups is 3. The van der Waals surface area contributed by atoms with Crippen LogP contribution in [0, 0.1) is 18.7 Å². The summed E-state index contributed by atoms with van der Waals surface area (Å²) in [4.78, 5) is 45.3. The summed E-state index contributed by atoms with van der Waals surface area (Å²) in [6, 6.07) is 26.6. The fourth-order valence-electron chi connectivity index (χ4n) is 5.16. The van der Waals surface area contributed by atoms with E-state index in [1.165, 1.54) is 23.1 Å². The van der Waals surface area contributed by atoms with E-state index in [4.69, 9.17) is 0 Å². The zero-order valence-electron chi connectivity index (χ0n) is 24.9. The van der Waals surface area contributed by atoms with E-state index in [9.17, 15) is 18.8 Å². The number of amides is 3. The molecule has 0 bridgehead atoms. The van der Waals surface area contributed by atoms with Crippen LogP contribution in [-0.4, -0.2) is 22.7 Å². The molecule has 0 saturated heterocycles. The molecule has 0 aliphatic carbocycles. The van der Waals surface area contributed by atoms with E-state index < -0.39 is 17.8 Å². The van der Waals surface area contributed by atoms with Crippen LogP contribution >= 0.6 is 0 Å². The highest BCUT2D eigenvalue weighted by Gasteiger charge is 2.33. The van der Waals surface area contributed by atoms with Crippen LogP contribution in [0.2, 0.25) is 0 Å². The maximum atomic E-state index is 14.6. The Hall–Kier alpha value is -5.24. The molecule has 0 aliphatic rings. The number of benzene rings is 4. The van der Waals surface area contributed by atoms with Crippen molar-refractivity contribution in [3.63, 3.8) is 0 Å². The number of aryl methyl sites for hydroxylation is 1. The average Bonchev–Trinajstić information content (AvgIpc) is 3.43. The first-order valence-electron chi connectivity index (χ1n) is 14.6. The van der Waals surface area contributed by atoms with E-state index in [-0.39, 0.29) is 30.7 Å². The molecule has 5 aromatic rings. The van der Waals surface area contributed by atoms with E-state index in [1.54, 1.807) is 44.2 Å². The lowest BCUT2D eigenvalue weighted by Crippen LogP contribution is -2.44. The van der Waals surface area contributed by atoms with Crippen molar-refractivity contribution in [1.29, 1.82) is 0 Å². The highest BCUT2D eigenvalue weighted by molar-refractivity contribution is 6.04. The van der Waals surface area contributed by atoms with Crippen LogP contribution in [-0.2, 0) is 27.3 Å². The highest BCUT2D eigenvalue weighted by Crippen LogP contribution is 2.32. The fraction of sp³-hybridized carbons (Fsp3) is 0.194. The van der Waals surface area contributed by atoms with Crippen molar-refractivity contribution in [2.75, 3.05) is 10.2 Å². The fourth-order valence-corrected chi connectivity index (χ4v) is 5.16. The van der Waals surface area contributed by atoms with Gasteiger partial charge >= 0.3 is 0 Å². The van der Waals surface area contributed by atoms with Crippen LogP contribution in [0.25, 0.3) is 10.9 Å². The smallest absolute Gasteiger partial charge is 0.248 e. The molecule has 0 aliphatic heterocycles. The standard InChI is InChI=1S/C36H35FN4O3/c1-23(2)35(43)40-29-15-17-30(18-16-29)41(32(42)20-27-22-38-33-24(3)9-7-14-31(27)33)34(26-12-8-13-28(37)19-26)36(44)39-21-25-10-5-4-6-11-25/h4-19,22-23,34,38H,20-21H2,1-3H3,(H,39,44)(H,40,43). The summed E-state index contributed by atoms with van der Waals surface area (Å²) in [5, 5.41) is 6.72. The molecular formula is C36H35FN4O3. The van der Waals surface area contributed by atoms with E-state index >= 15 is 0 Å². The molecule has 8 heteroatoms. The third-order valence-electron chi connectivity index (χ3n) is 7.54. The number of nitrogens with zero attached hydrogens (tertiary/aromatic N) is 1. The molecule has 4 aromatic carbocycles. The minimum Gasteiger partial charge on any atom is -0.361 e. The summed E-state index contributed by atoms with van der Waals surface area (Å²) in [6.07, 6.45) is 1.80. The number of hydrogen-bond donors (Lipinski definition) is 3. The molecule has 3 amide bonds. The first-order valence-corrected chi connectivity index (χ1v) is 14.6. The summed E-state index contributed by atoms with van der Waals surface area (Å²) < 4.78 is 14.6. The number of carbonyl (C=O) groups excluding carboxylic acids is 3. The second kappa shape index (κ2) is 13.4. The predicted octanol–water partition coefficient (Wildman–Crippen LogP) is 6.84. The molecule has 1 aromatic heterocycles. The van der Waals surface area contributed by atoms with Gasteiger partial charge in [0.15, 0.2) is 0 Å². The van der Waals surface area contributed by atoms with Crippen molar-refractivity contribution in [3.05, 3.63) is 131 Å². The van der Waals surface area contributed by atoms with Gasteiger partial charge in [0.2, 0.25) is 17.7 Å². The number of anilines is 2. The van der Waals surface area contributed by atoms with Crippen molar-refractivity contribution < 1.29 is 18.8 Å². The summed E-state index contributed by atoms with van der Waals surface area (Å²) >= 11 is 0. The zero-order chi connectivity index (χ0) is 31.2. The van der Waals surface area contributed by atoms with Gasteiger partial charge in [0.1, 0.15) is 11.9 Å². The number of aromatic amines is 1. The van der Waals surface area contributed by atoms with E-state index in [0.29, 0.717) is 16.9 Å². The van der Waals surface area contributed by atoms with Crippen molar-refractivity contribution in [2.24, 2.45) is 5.92 Å². The topological polar surface area (TPSA) is 94.3 Å². The van der Waals surface area contributed by atoms with Crippen LogP contribution in [0.3, 0.4) is 0 Å². The van der Waals surface area contributed by atoms with E-state index in [2.05, 4.69) is 15.6 Å². The van der Waals surface area contributed by atoms with Gasteiger partial charge in [-0.25, -0.2) is 4.39 Å². The number of aromatic nitrogens is 1. The predicted molar refractivity (Wildman–Crippen MR) is 172 cm³/mol. The molecule has 7 nitrogen and oxygen atoms in total. The Bertz CT molecular complexity index is 1780. The minimum atomic E-state index is -1.18. The molecule has 1 unspecified atom stereocenters. The maximum Gasteiger partial charge on any atom is 0.248 e. The third kappa shape index (κ3) is 6.86. The molecule has 0 radical (unpaired) electrons. The van der Waals surface area contributed by atoms with Crippen LogP contribution in [0.5, 0.6) is 0 Å². The molecular weight excluding hydrogens is 555 g/mol. The lowest BCUT2D eigenvalue weighted by Gasteiger charge is -2.32. The largest absolute Gasteiger partial charge is 0.361 e. The number of H-pyrrole nitrogens is 1. The SMILES string of the molecule is Cc1cccc2c(CC(=O)N(c3ccc(NC(=O)C(C)C)cc3)C(C(=O)NCc3ccccc3)c3cccc(F)c3)c[nH]c12. The van der Waals surface area contributed by atoms with E-state index in [1.807, 2.05) is 61.7 Å². The second-order valence-electron chi connectivity index (χ2n) is 11.1. The number of halogens is 1. The number of nitrogens with one attached hydrogen (secondary N) is 3. The van der Waals surface area contributed by atoms with Gasteiger partial charge in [0.25, 0.3) is 0 Å². The van der Waals surface area contributed by atoms with Crippen molar-refractivity contribution in [3.8, 4) is 0 Å².